The maximum atomic E-state index is 11.4. The Hall–Kier alpha value is -1.99. The number of nitrogens with one attached hydrogen (secondary N) is 1. The predicted molar refractivity (Wildman–Crippen MR) is 80.3 cm³/mol. The third kappa shape index (κ3) is 6.81. The largest absolute Gasteiger partial charge is 0.444 e. The summed E-state index contributed by atoms with van der Waals surface area (Å²) in [5.74, 6) is 5.90. The second-order valence-electron chi connectivity index (χ2n) is 5.40. The lowest BCUT2D eigenvalue weighted by Crippen LogP contribution is -2.32. The number of carbonyl (C=O) groups excluding carboxylic acids is 1. The minimum absolute atomic E-state index is 0.260. The monoisotopic (exact) mass is 274 g/mol. The molecular weight excluding hydrogens is 252 g/mol. The Morgan fingerprint density at radius 3 is 2.80 bits per heavy atom. The number of hydrogen-bond donors (Lipinski definition) is 2. The molecule has 0 aromatic heterocycles. The molecule has 108 valence electrons. The number of alkyl carbamates (subject to hydrolysis) is 1. The van der Waals surface area contributed by atoms with Gasteiger partial charge in [0.25, 0.3) is 0 Å². The third-order valence-corrected chi connectivity index (χ3v) is 2.31. The van der Waals surface area contributed by atoms with Crippen LogP contribution >= 0.6 is 0 Å². The lowest BCUT2D eigenvalue weighted by Gasteiger charge is -2.18. The van der Waals surface area contributed by atoms with E-state index in [0.717, 1.165) is 12.0 Å². The summed E-state index contributed by atoms with van der Waals surface area (Å²) in [7, 11) is 0. The normalized spacial score (nSPS) is 10.4. The van der Waals surface area contributed by atoms with Crippen molar-refractivity contribution in [1.82, 2.24) is 5.32 Å². The standard InChI is InChI=1S/C16H22N2O2/c1-16(2,3)20-15(19)18-11-5-8-13-6-4-7-14(12-13)9-10-17/h4,6-7,12H,9-11,17H2,1-3H3,(H,18,19). The molecular formula is C16H22N2O2. The predicted octanol–water partition coefficient (Wildman–Crippen LogP) is 2.06. The van der Waals surface area contributed by atoms with Gasteiger partial charge in [0, 0.05) is 5.56 Å². The van der Waals surface area contributed by atoms with Gasteiger partial charge in [-0.25, -0.2) is 4.79 Å². The van der Waals surface area contributed by atoms with Crippen LogP contribution in [0.15, 0.2) is 24.3 Å². The van der Waals surface area contributed by atoms with Gasteiger partial charge in [0.1, 0.15) is 5.60 Å². The molecule has 1 rings (SSSR count). The van der Waals surface area contributed by atoms with Gasteiger partial charge in [-0.15, -0.1) is 0 Å². The molecule has 0 bridgehead atoms. The Morgan fingerprint density at radius 2 is 2.15 bits per heavy atom. The average molecular weight is 274 g/mol. The SMILES string of the molecule is CC(C)(C)OC(=O)NCC#Cc1cccc(CCN)c1. The van der Waals surface area contributed by atoms with Crippen molar-refractivity contribution in [3.63, 3.8) is 0 Å². The molecule has 0 aliphatic carbocycles. The minimum Gasteiger partial charge on any atom is -0.444 e. The second-order valence-corrected chi connectivity index (χ2v) is 5.40. The number of nitrogens with two attached hydrogens (primary N) is 1. The quantitative estimate of drug-likeness (QED) is 0.829. The number of rotatable bonds is 3. The lowest BCUT2D eigenvalue weighted by atomic mass is 10.1. The van der Waals surface area contributed by atoms with Crippen molar-refractivity contribution in [2.75, 3.05) is 13.1 Å². The summed E-state index contributed by atoms with van der Waals surface area (Å²) in [6.07, 6.45) is 0.384. The van der Waals surface area contributed by atoms with Crippen molar-refractivity contribution in [2.45, 2.75) is 32.8 Å². The van der Waals surface area contributed by atoms with E-state index in [9.17, 15) is 4.79 Å². The summed E-state index contributed by atoms with van der Waals surface area (Å²) in [5.41, 5.74) is 7.11. The summed E-state index contributed by atoms with van der Waals surface area (Å²) in [6, 6.07) is 7.92. The first-order valence-corrected chi connectivity index (χ1v) is 6.65. The molecule has 0 unspecified atom stereocenters. The van der Waals surface area contributed by atoms with Crippen LogP contribution in [-0.4, -0.2) is 24.8 Å². The number of hydrogen-bond acceptors (Lipinski definition) is 3. The zero-order chi connectivity index (χ0) is 15.0. The molecule has 0 heterocycles. The average Bonchev–Trinajstić information content (AvgIpc) is 2.33. The summed E-state index contributed by atoms with van der Waals surface area (Å²) >= 11 is 0. The first kappa shape index (κ1) is 16.1. The topological polar surface area (TPSA) is 64.3 Å². The molecule has 1 amide bonds. The fraction of sp³-hybridized carbons (Fsp3) is 0.438. The fourth-order valence-corrected chi connectivity index (χ4v) is 1.55. The highest BCUT2D eigenvalue weighted by Crippen LogP contribution is 2.06. The minimum atomic E-state index is -0.492. The molecule has 0 aliphatic heterocycles. The molecule has 0 radical (unpaired) electrons. The summed E-state index contributed by atoms with van der Waals surface area (Å²) in [4.78, 5) is 11.4. The molecule has 4 nitrogen and oxygen atoms in total. The van der Waals surface area contributed by atoms with Crippen molar-refractivity contribution in [1.29, 1.82) is 0 Å². The Labute approximate surface area is 120 Å². The molecule has 0 aliphatic rings. The van der Waals surface area contributed by atoms with Crippen LogP contribution in [0, 0.1) is 11.8 Å². The number of benzene rings is 1. The van der Waals surface area contributed by atoms with Crippen LogP contribution in [0.1, 0.15) is 31.9 Å². The van der Waals surface area contributed by atoms with Crippen LogP contribution in [0.2, 0.25) is 0 Å². The highest BCUT2D eigenvalue weighted by molar-refractivity contribution is 5.68. The van der Waals surface area contributed by atoms with E-state index in [2.05, 4.69) is 17.2 Å². The number of ether oxygens (including phenoxy) is 1. The van der Waals surface area contributed by atoms with E-state index in [1.165, 1.54) is 5.56 Å². The van der Waals surface area contributed by atoms with Crippen LogP contribution in [0.4, 0.5) is 4.79 Å². The van der Waals surface area contributed by atoms with Crippen LogP contribution in [0.5, 0.6) is 0 Å². The first-order valence-electron chi connectivity index (χ1n) is 6.65. The van der Waals surface area contributed by atoms with Gasteiger partial charge in [0.2, 0.25) is 0 Å². The molecule has 0 spiro atoms. The van der Waals surface area contributed by atoms with Crippen molar-refractivity contribution in [3.8, 4) is 11.8 Å². The highest BCUT2D eigenvalue weighted by Gasteiger charge is 2.14. The molecule has 0 saturated heterocycles. The Balaban J connectivity index is 2.46. The van der Waals surface area contributed by atoms with Crippen LogP contribution in [0.3, 0.4) is 0 Å². The smallest absolute Gasteiger partial charge is 0.408 e. The van der Waals surface area contributed by atoms with Crippen molar-refractivity contribution < 1.29 is 9.53 Å². The Kier molecular flexibility index (Phi) is 6.08. The number of amides is 1. The second kappa shape index (κ2) is 7.56. The van der Waals surface area contributed by atoms with E-state index < -0.39 is 11.7 Å². The summed E-state index contributed by atoms with van der Waals surface area (Å²) < 4.78 is 5.11. The van der Waals surface area contributed by atoms with Crippen molar-refractivity contribution in [3.05, 3.63) is 35.4 Å². The van der Waals surface area contributed by atoms with Gasteiger partial charge < -0.3 is 15.8 Å². The van der Waals surface area contributed by atoms with Crippen LogP contribution in [0.25, 0.3) is 0 Å². The van der Waals surface area contributed by atoms with Gasteiger partial charge in [-0.05, 0) is 51.4 Å². The molecule has 3 N–H and O–H groups in total. The lowest BCUT2D eigenvalue weighted by molar-refractivity contribution is 0.0535. The maximum Gasteiger partial charge on any atom is 0.408 e. The highest BCUT2D eigenvalue weighted by atomic mass is 16.6. The van der Waals surface area contributed by atoms with E-state index >= 15 is 0 Å². The van der Waals surface area contributed by atoms with Crippen molar-refractivity contribution >= 4 is 6.09 Å². The summed E-state index contributed by atoms with van der Waals surface area (Å²) in [5, 5.41) is 2.59. The molecule has 0 fully saturated rings. The van der Waals surface area contributed by atoms with Gasteiger partial charge in [0.05, 0.1) is 6.54 Å². The molecule has 20 heavy (non-hydrogen) atoms. The first-order chi connectivity index (χ1) is 9.40. The molecule has 0 atom stereocenters. The van der Waals surface area contributed by atoms with Crippen molar-refractivity contribution in [2.24, 2.45) is 5.73 Å². The van der Waals surface area contributed by atoms with Gasteiger partial charge >= 0.3 is 6.09 Å². The van der Waals surface area contributed by atoms with E-state index in [1.807, 2.05) is 45.0 Å². The Bertz CT molecular complexity index is 507. The van der Waals surface area contributed by atoms with Gasteiger partial charge in [-0.2, -0.15) is 0 Å². The van der Waals surface area contributed by atoms with E-state index in [-0.39, 0.29) is 6.54 Å². The van der Waals surface area contributed by atoms with Crippen LogP contribution < -0.4 is 11.1 Å². The summed E-state index contributed by atoms with van der Waals surface area (Å²) in [6.45, 7) is 6.34. The van der Waals surface area contributed by atoms with Gasteiger partial charge in [-0.1, -0.05) is 24.0 Å². The van der Waals surface area contributed by atoms with Gasteiger partial charge in [-0.3, -0.25) is 0 Å². The van der Waals surface area contributed by atoms with E-state index in [0.29, 0.717) is 6.54 Å². The van der Waals surface area contributed by atoms with Gasteiger partial charge in [0.15, 0.2) is 0 Å². The fourth-order valence-electron chi connectivity index (χ4n) is 1.55. The zero-order valence-electron chi connectivity index (χ0n) is 12.3. The maximum absolute atomic E-state index is 11.4. The molecule has 4 heteroatoms. The van der Waals surface area contributed by atoms with E-state index in [1.54, 1.807) is 0 Å². The van der Waals surface area contributed by atoms with E-state index in [4.69, 9.17) is 10.5 Å². The third-order valence-electron chi connectivity index (χ3n) is 2.31. The molecule has 1 aromatic rings. The van der Waals surface area contributed by atoms with Crippen LogP contribution in [-0.2, 0) is 11.2 Å². The zero-order valence-corrected chi connectivity index (χ0v) is 12.3. The Morgan fingerprint density at radius 1 is 1.40 bits per heavy atom. The molecule has 0 saturated carbocycles. The number of carbonyl (C=O) groups is 1. The molecule has 1 aromatic carbocycles.